The lowest BCUT2D eigenvalue weighted by Gasteiger charge is -2.14. The summed E-state index contributed by atoms with van der Waals surface area (Å²) in [6.45, 7) is 0.437. The molecule has 2 N–H and O–H groups in total. The second-order valence-electron chi connectivity index (χ2n) is 8.86. The minimum atomic E-state index is -1.14. The average Bonchev–Trinajstić information content (AvgIpc) is 3.37. The lowest BCUT2D eigenvalue weighted by molar-refractivity contribution is -0.139. The van der Waals surface area contributed by atoms with E-state index < -0.39 is 17.9 Å². The lowest BCUT2D eigenvalue weighted by Crippen LogP contribution is -2.42. The van der Waals surface area contributed by atoms with Crippen LogP contribution in [0.25, 0.3) is 22.1 Å². The molecule has 190 valence electrons. The number of carbonyl (C=O) groups is 2. The van der Waals surface area contributed by atoms with Crippen molar-refractivity contribution >= 4 is 34.4 Å². The maximum Gasteiger partial charge on any atom is 0.326 e. The van der Waals surface area contributed by atoms with Crippen molar-refractivity contribution in [2.45, 2.75) is 19.1 Å². The van der Waals surface area contributed by atoms with Gasteiger partial charge in [-0.3, -0.25) is 4.79 Å². The van der Waals surface area contributed by atoms with Gasteiger partial charge >= 0.3 is 5.97 Å². The third kappa shape index (κ3) is 6.05. The highest BCUT2D eigenvalue weighted by molar-refractivity contribution is 6.30. The van der Waals surface area contributed by atoms with Gasteiger partial charge in [0, 0.05) is 16.8 Å². The zero-order chi connectivity index (χ0) is 26.5. The van der Waals surface area contributed by atoms with Crippen LogP contribution < -0.4 is 10.1 Å². The third-order valence-corrected chi connectivity index (χ3v) is 6.39. The summed E-state index contributed by atoms with van der Waals surface area (Å²) < 4.78 is 11.6. The summed E-state index contributed by atoms with van der Waals surface area (Å²) in [5.41, 5.74) is 4.20. The number of fused-ring (bicyclic) bond motifs is 1. The van der Waals surface area contributed by atoms with Crippen molar-refractivity contribution in [1.82, 2.24) is 5.32 Å². The van der Waals surface area contributed by atoms with Gasteiger partial charge in [-0.1, -0.05) is 78.3 Å². The Morgan fingerprint density at radius 2 is 1.55 bits per heavy atom. The Bertz CT molecular complexity index is 1560. The van der Waals surface area contributed by atoms with Crippen molar-refractivity contribution in [3.63, 3.8) is 0 Å². The van der Waals surface area contributed by atoms with Crippen molar-refractivity contribution in [2.24, 2.45) is 0 Å². The summed E-state index contributed by atoms with van der Waals surface area (Å²) in [6.07, 6.45) is 0.112. The smallest absolute Gasteiger partial charge is 0.326 e. The molecule has 0 bridgehead atoms. The van der Waals surface area contributed by atoms with Crippen LogP contribution in [0.3, 0.4) is 0 Å². The van der Waals surface area contributed by atoms with Crippen LogP contribution in [0, 0.1) is 0 Å². The highest BCUT2D eigenvalue weighted by Gasteiger charge is 2.23. The van der Waals surface area contributed by atoms with Gasteiger partial charge in [-0.05, 0) is 58.7 Å². The van der Waals surface area contributed by atoms with Gasteiger partial charge in [0.1, 0.15) is 24.0 Å². The van der Waals surface area contributed by atoms with E-state index in [0.717, 1.165) is 27.6 Å². The maximum atomic E-state index is 12.9. The van der Waals surface area contributed by atoms with Crippen LogP contribution in [0.2, 0.25) is 5.02 Å². The summed E-state index contributed by atoms with van der Waals surface area (Å²) in [5, 5.41) is 13.7. The number of hydrogen-bond acceptors (Lipinski definition) is 4. The number of hydrogen-bond donors (Lipinski definition) is 2. The molecular formula is C31H24ClNO5. The average molecular weight is 526 g/mol. The first-order chi connectivity index (χ1) is 18.4. The van der Waals surface area contributed by atoms with E-state index in [1.807, 2.05) is 60.7 Å². The molecule has 0 saturated carbocycles. The molecule has 4 aromatic carbocycles. The molecule has 0 radical (unpaired) electrons. The number of rotatable bonds is 9. The Labute approximate surface area is 224 Å². The Hall–Kier alpha value is -4.55. The topological polar surface area (TPSA) is 88.8 Å². The zero-order valence-corrected chi connectivity index (χ0v) is 21.0. The predicted molar refractivity (Wildman–Crippen MR) is 146 cm³/mol. The number of carboxylic acids is 1. The van der Waals surface area contributed by atoms with Gasteiger partial charge in [0.05, 0.1) is 0 Å². The first-order valence-corrected chi connectivity index (χ1v) is 12.4. The SMILES string of the molecule is O=C(NC(Cc1ccc(OCc2ccccc2)cc1)C(=O)O)c1cc2ccc(-c3ccc(Cl)cc3)cc2o1. The van der Waals surface area contributed by atoms with Crippen LogP contribution in [0.1, 0.15) is 21.7 Å². The highest BCUT2D eigenvalue weighted by atomic mass is 35.5. The first kappa shape index (κ1) is 25.1. The van der Waals surface area contributed by atoms with E-state index in [4.69, 9.17) is 20.8 Å². The zero-order valence-electron chi connectivity index (χ0n) is 20.3. The normalized spacial score (nSPS) is 11.7. The molecule has 1 aromatic heterocycles. The second kappa shape index (κ2) is 11.2. The molecule has 6 nitrogen and oxygen atoms in total. The molecule has 0 saturated heterocycles. The number of ether oxygens (including phenoxy) is 1. The Morgan fingerprint density at radius 1 is 0.842 bits per heavy atom. The molecule has 7 heteroatoms. The van der Waals surface area contributed by atoms with Gasteiger partial charge in [0.15, 0.2) is 5.76 Å². The van der Waals surface area contributed by atoms with E-state index >= 15 is 0 Å². The minimum Gasteiger partial charge on any atom is -0.489 e. The third-order valence-electron chi connectivity index (χ3n) is 6.14. The van der Waals surface area contributed by atoms with Crippen LogP contribution in [0.4, 0.5) is 0 Å². The molecule has 1 unspecified atom stereocenters. The van der Waals surface area contributed by atoms with Crippen LogP contribution in [0.15, 0.2) is 108 Å². The number of benzene rings is 4. The summed E-state index contributed by atoms with van der Waals surface area (Å²) in [4.78, 5) is 24.8. The molecule has 1 heterocycles. The Kier molecular flexibility index (Phi) is 7.43. The van der Waals surface area contributed by atoms with Crippen molar-refractivity contribution in [1.29, 1.82) is 0 Å². The first-order valence-electron chi connectivity index (χ1n) is 12.0. The van der Waals surface area contributed by atoms with E-state index in [1.165, 1.54) is 0 Å². The van der Waals surface area contributed by atoms with Gasteiger partial charge in [-0.15, -0.1) is 0 Å². The van der Waals surface area contributed by atoms with Crippen LogP contribution in [-0.2, 0) is 17.8 Å². The molecular weight excluding hydrogens is 502 g/mol. The fraction of sp³-hybridized carbons (Fsp3) is 0.0968. The lowest BCUT2D eigenvalue weighted by atomic mass is 10.0. The molecule has 1 amide bonds. The molecule has 1 atom stereocenters. The molecule has 0 aliphatic heterocycles. The second-order valence-corrected chi connectivity index (χ2v) is 9.29. The van der Waals surface area contributed by atoms with E-state index in [9.17, 15) is 14.7 Å². The number of nitrogens with one attached hydrogen (secondary N) is 1. The van der Waals surface area contributed by atoms with Crippen molar-refractivity contribution in [2.75, 3.05) is 0 Å². The summed E-state index contributed by atoms with van der Waals surface area (Å²) in [5.74, 6) is -1.01. The van der Waals surface area contributed by atoms with Crippen LogP contribution >= 0.6 is 11.6 Å². The molecule has 38 heavy (non-hydrogen) atoms. The monoisotopic (exact) mass is 525 g/mol. The number of halogens is 1. The van der Waals surface area contributed by atoms with E-state index in [2.05, 4.69) is 5.32 Å². The molecule has 0 fully saturated rings. The molecule has 0 spiro atoms. The highest BCUT2D eigenvalue weighted by Crippen LogP contribution is 2.28. The van der Waals surface area contributed by atoms with Gasteiger partial charge < -0.3 is 19.6 Å². The number of carboxylic acid groups (broad SMARTS) is 1. The van der Waals surface area contributed by atoms with Gasteiger partial charge in [-0.25, -0.2) is 4.79 Å². The molecule has 5 rings (SSSR count). The largest absolute Gasteiger partial charge is 0.489 e. The fourth-order valence-corrected chi connectivity index (χ4v) is 4.22. The van der Waals surface area contributed by atoms with Crippen LogP contribution in [0.5, 0.6) is 5.75 Å². The Balaban J connectivity index is 1.24. The molecule has 0 aliphatic carbocycles. The van der Waals surface area contributed by atoms with Crippen molar-refractivity contribution < 1.29 is 23.8 Å². The molecule has 0 aliphatic rings. The number of carbonyl (C=O) groups excluding carboxylic acids is 1. The van der Waals surface area contributed by atoms with Crippen LogP contribution in [-0.4, -0.2) is 23.0 Å². The molecule has 5 aromatic rings. The summed E-state index contributed by atoms with van der Waals surface area (Å²) in [7, 11) is 0. The van der Waals surface area contributed by atoms with Gasteiger partial charge in [0.25, 0.3) is 5.91 Å². The van der Waals surface area contributed by atoms with Gasteiger partial charge in [0.2, 0.25) is 0 Å². The number of aliphatic carboxylic acids is 1. The van der Waals surface area contributed by atoms with E-state index in [0.29, 0.717) is 23.0 Å². The Morgan fingerprint density at radius 3 is 2.26 bits per heavy atom. The standard InChI is InChI=1S/C31H24ClNO5/c32-25-12-10-22(11-13-25)23-8-9-24-18-29(38-28(24)17-23)30(34)33-27(31(35)36)16-20-6-14-26(15-7-20)37-19-21-4-2-1-3-5-21/h1-15,17-18,27H,16,19H2,(H,33,34)(H,35,36). The van der Waals surface area contributed by atoms with E-state index in [-0.39, 0.29) is 12.2 Å². The number of amides is 1. The summed E-state index contributed by atoms with van der Waals surface area (Å²) in [6, 6.07) is 30.5. The van der Waals surface area contributed by atoms with Crippen molar-refractivity contribution in [3.05, 3.63) is 125 Å². The quantitative estimate of drug-likeness (QED) is 0.222. The van der Waals surface area contributed by atoms with E-state index in [1.54, 1.807) is 42.5 Å². The predicted octanol–water partition coefficient (Wildman–Crippen LogP) is 6.76. The fourth-order valence-electron chi connectivity index (χ4n) is 4.09. The maximum absolute atomic E-state index is 12.9. The number of furan rings is 1. The minimum absolute atomic E-state index is 0.0455. The van der Waals surface area contributed by atoms with Gasteiger partial charge in [-0.2, -0.15) is 0 Å². The van der Waals surface area contributed by atoms with Crippen molar-refractivity contribution in [3.8, 4) is 16.9 Å². The summed E-state index contributed by atoms with van der Waals surface area (Å²) >= 11 is 5.98.